The summed E-state index contributed by atoms with van der Waals surface area (Å²) in [4.78, 5) is 0. The number of unbranched alkanes of at least 4 members (excludes halogenated alkanes) is 13. The zero-order chi connectivity index (χ0) is 48.5. The third-order valence-electron chi connectivity index (χ3n) is 11.4. The summed E-state index contributed by atoms with van der Waals surface area (Å²) in [6, 6.07) is 31.0. The van der Waals surface area contributed by atoms with Gasteiger partial charge in [0.25, 0.3) is 0 Å². The van der Waals surface area contributed by atoms with E-state index in [2.05, 4.69) is 43.3 Å². The van der Waals surface area contributed by atoms with E-state index >= 15 is 0 Å². The summed E-state index contributed by atoms with van der Waals surface area (Å²) in [7, 11) is 0. The number of benzene rings is 3. The molecule has 0 atom stereocenters. The molecule has 0 unspecified atom stereocenters. The van der Waals surface area contributed by atoms with Crippen molar-refractivity contribution in [2.45, 2.75) is 102 Å². The van der Waals surface area contributed by atoms with Crippen LogP contribution >= 0.6 is 0 Å². The summed E-state index contributed by atoms with van der Waals surface area (Å²) in [5.41, 5.74) is 2.45. The Kier molecular flexibility index (Phi) is 40.6. The molecule has 0 spiro atoms. The van der Waals surface area contributed by atoms with Gasteiger partial charge in [-0.05, 0) is 23.1 Å². The number of rotatable bonds is 52. The van der Waals surface area contributed by atoms with E-state index in [1.165, 1.54) is 83.5 Å². The Morgan fingerprint density at radius 2 is 0.435 bits per heavy atom. The van der Waals surface area contributed by atoms with Crippen molar-refractivity contribution in [2.75, 3.05) is 152 Å². The molecule has 0 heterocycles. The van der Waals surface area contributed by atoms with E-state index in [0.29, 0.717) is 145 Å². The Labute approximate surface area is 417 Å². The van der Waals surface area contributed by atoms with Crippen LogP contribution in [0.25, 0.3) is 0 Å². The Bertz CT molecular complexity index is 1370. The van der Waals surface area contributed by atoms with E-state index in [0.717, 1.165) is 29.7 Å². The maximum Gasteiger partial charge on any atom is 0.143 e. The molecule has 0 aromatic heterocycles. The fourth-order valence-electron chi connectivity index (χ4n) is 7.72. The van der Waals surface area contributed by atoms with Crippen molar-refractivity contribution in [3.8, 4) is 0 Å². The number of hydrogen-bond donors (Lipinski definition) is 0. The van der Waals surface area contributed by atoms with Gasteiger partial charge >= 0.3 is 0 Å². The van der Waals surface area contributed by atoms with Crippen LogP contribution in [0.5, 0.6) is 0 Å². The Morgan fingerprint density at radius 1 is 0.232 bits per heavy atom. The maximum atomic E-state index is 6.75. The molecule has 3 aromatic carbocycles. The SMILES string of the molecule is CCCCCCCCCCCCCCCCOCCOCCOCCOCCOCCOCCOCCOCCOCCOCCOCCOC(c1ccccc1)(c1ccccc1)c1ccccc1. The predicted molar refractivity (Wildman–Crippen MR) is 274 cm³/mol. The first-order chi connectivity index (χ1) is 34.4. The minimum atomic E-state index is -0.753. The summed E-state index contributed by atoms with van der Waals surface area (Å²) < 4.78 is 68.6. The zero-order valence-electron chi connectivity index (χ0n) is 42.7. The Balaban J connectivity index is 0.955. The lowest BCUT2D eigenvalue weighted by atomic mass is 9.80. The molecule has 12 nitrogen and oxygen atoms in total. The van der Waals surface area contributed by atoms with Gasteiger partial charge in [0.2, 0.25) is 0 Å². The molecular weight excluding hydrogens is 877 g/mol. The Morgan fingerprint density at radius 3 is 0.681 bits per heavy atom. The molecular formula is C57H92O12. The average molecular weight is 969 g/mol. The van der Waals surface area contributed by atoms with Crippen molar-refractivity contribution in [3.63, 3.8) is 0 Å². The van der Waals surface area contributed by atoms with E-state index in [1.54, 1.807) is 0 Å². The van der Waals surface area contributed by atoms with Crippen LogP contribution in [0, 0.1) is 0 Å². The second kappa shape index (κ2) is 46.3. The molecule has 3 rings (SSSR count). The second-order valence-electron chi connectivity index (χ2n) is 17.0. The van der Waals surface area contributed by atoms with Gasteiger partial charge in [0.15, 0.2) is 0 Å². The van der Waals surface area contributed by atoms with Crippen LogP contribution in [0.3, 0.4) is 0 Å². The summed E-state index contributed by atoms with van der Waals surface area (Å²) in [6.07, 6.45) is 19.2. The van der Waals surface area contributed by atoms with Gasteiger partial charge in [0.1, 0.15) is 5.60 Å². The molecule has 0 aliphatic carbocycles. The van der Waals surface area contributed by atoms with Crippen molar-refractivity contribution in [1.29, 1.82) is 0 Å². The lowest BCUT2D eigenvalue weighted by molar-refractivity contribution is -0.0399. The van der Waals surface area contributed by atoms with E-state index in [1.807, 2.05) is 54.6 Å². The molecule has 392 valence electrons. The van der Waals surface area contributed by atoms with Crippen LogP contribution in [0.2, 0.25) is 0 Å². The van der Waals surface area contributed by atoms with Crippen LogP contribution in [0.4, 0.5) is 0 Å². The van der Waals surface area contributed by atoms with Gasteiger partial charge in [-0.3, -0.25) is 0 Å². The van der Waals surface area contributed by atoms with Gasteiger partial charge in [-0.2, -0.15) is 0 Å². The van der Waals surface area contributed by atoms with Crippen LogP contribution in [-0.4, -0.2) is 152 Å². The molecule has 0 saturated heterocycles. The van der Waals surface area contributed by atoms with Crippen molar-refractivity contribution in [1.82, 2.24) is 0 Å². The highest BCUT2D eigenvalue weighted by Crippen LogP contribution is 2.40. The summed E-state index contributed by atoms with van der Waals surface area (Å²) in [5.74, 6) is 0. The van der Waals surface area contributed by atoms with Gasteiger partial charge < -0.3 is 56.8 Å². The van der Waals surface area contributed by atoms with Crippen LogP contribution in [0.15, 0.2) is 91.0 Å². The van der Waals surface area contributed by atoms with Crippen LogP contribution in [0.1, 0.15) is 114 Å². The molecule has 0 aliphatic heterocycles. The highest BCUT2D eigenvalue weighted by Gasteiger charge is 2.37. The van der Waals surface area contributed by atoms with Crippen LogP contribution < -0.4 is 0 Å². The van der Waals surface area contributed by atoms with Crippen molar-refractivity contribution in [2.24, 2.45) is 0 Å². The van der Waals surface area contributed by atoms with Gasteiger partial charge in [-0.25, -0.2) is 0 Å². The largest absolute Gasteiger partial charge is 0.379 e. The highest BCUT2D eigenvalue weighted by molar-refractivity contribution is 5.47. The van der Waals surface area contributed by atoms with E-state index in [-0.39, 0.29) is 0 Å². The lowest BCUT2D eigenvalue weighted by Gasteiger charge is -2.36. The van der Waals surface area contributed by atoms with Gasteiger partial charge in [-0.15, -0.1) is 0 Å². The van der Waals surface area contributed by atoms with E-state index < -0.39 is 5.60 Å². The van der Waals surface area contributed by atoms with Crippen molar-refractivity contribution < 1.29 is 56.8 Å². The molecule has 0 aliphatic rings. The minimum Gasteiger partial charge on any atom is -0.379 e. The summed E-state index contributed by atoms with van der Waals surface area (Å²) >= 11 is 0. The summed E-state index contributed by atoms with van der Waals surface area (Å²) in [5, 5.41) is 0. The monoisotopic (exact) mass is 969 g/mol. The van der Waals surface area contributed by atoms with Crippen LogP contribution in [-0.2, 0) is 62.4 Å². The fourth-order valence-corrected chi connectivity index (χ4v) is 7.72. The molecule has 0 fully saturated rings. The topological polar surface area (TPSA) is 111 Å². The quantitative estimate of drug-likeness (QED) is 0.0397. The second-order valence-corrected chi connectivity index (χ2v) is 17.0. The van der Waals surface area contributed by atoms with Gasteiger partial charge in [0.05, 0.1) is 145 Å². The molecule has 0 radical (unpaired) electrons. The molecule has 0 amide bonds. The maximum absolute atomic E-state index is 6.75. The zero-order valence-corrected chi connectivity index (χ0v) is 42.7. The normalized spacial score (nSPS) is 11.8. The minimum absolute atomic E-state index is 0.416. The van der Waals surface area contributed by atoms with Gasteiger partial charge in [-0.1, -0.05) is 181 Å². The molecule has 0 bridgehead atoms. The summed E-state index contributed by atoms with van der Waals surface area (Å²) in [6.45, 7) is 14.4. The first-order valence-electron chi connectivity index (χ1n) is 26.5. The average Bonchev–Trinajstić information content (AvgIpc) is 3.39. The van der Waals surface area contributed by atoms with E-state index in [9.17, 15) is 0 Å². The molecule has 0 N–H and O–H groups in total. The van der Waals surface area contributed by atoms with Crippen molar-refractivity contribution in [3.05, 3.63) is 108 Å². The molecule has 12 heteroatoms. The van der Waals surface area contributed by atoms with E-state index in [4.69, 9.17) is 56.8 Å². The molecule has 69 heavy (non-hydrogen) atoms. The number of hydrogen-bond acceptors (Lipinski definition) is 12. The predicted octanol–water partition coefficient (Wildman–Crippen LogP) is 10.7. The standard InChI is InChI=1S/C57H92O12/c1-2-3-4-5-6-7-8-9-10-11-12-13-14-24-31-58-32-33-59-34-35-60-36-37-61-38-39-62-40-41-63-42-43-64-44-45-65-46-47-66-48-49-67-50-51-68-52-53-69-57(54-25-18-15-19-26-54,55-27-20-16-21-28-55)56-29-22-17-23-30-56/h15-23,25-30H,2-14,24,31-53H2,1H3. The lowest BCUT2D eigenvalue weighted by Crippen LogP contribution is -2.34. The van der Waals surface area contributed by atoms with Gasteiger partial charge in [0, 0.05) is 6.61 Å². The third-order valence-corrected chi connectivity index (χ3v) is 11.4. The molecule has 0 saturated carbocycles. The highest BCUT2D eigenvalue weighted by atomic mass is 16.6. The third kappa shape index (κ3) is 32.0. The number of ether oxygens (including phenoxy) is 12. The Hall–Kier alpha value is -2.82. The fraction of sp³-hybridized carbons (Fsp3) is 0.684. The van der Waals surface area contributed by atoms with Crippen molar-refractivity contribution >= 4 is 0 Å². The first kappa shape index (κ1) is 60.5. The first-order valence-corrected chi connectivity index (χ1v) is 26.5. The smallest absolute Gasteiger partial charge is 0.143 e. The molecule has 3 aromatic rings.